The molecular formula is C14H20ClN3O3S. The standard InChI is InChI=1S/C14H19N3O3S.ClH/c1-21(19,20)17-7-4-10-8-11(2-3-13(10)17)14(18)16-6-5-12(15)9-16;/h2-3,8,12H,4-7,9,15H2,1H3;1H/t12-;/m1./s1. The fraction of sp³-hybridized carbons (Fsp3) is 0.500. The first-order valence-corrected chi connectivity index (χ1v) is 8.86. The lowest BCUT2D eigenvalue weighted by atomic mass is 10.1. The lowest BCUT2D eigenvalue weighted by Crippen LogP contribution is -2.32. The second-order valence-electron chi connectivity index (χ2n) is 5.73. The highest BCUT2D eigenvalue weighted by Gasteiger charge is 2.29. The molecule has 1 amide bonds. The van der Waals surface area contributed by atoms with E-state index in [4.69, 9.17) is 5.73 Å². The number of benzene rings is 1. The average molecular weight is 346 g/mol. The number of carbonyl (C=O) groups excluding carboxylic acids is 1. The molecule has 0 bridgehead atoms. The van der Waals surface area contributed by atoms with Crippen LogP contribution in [0.15, 0.2) is 18.2 Å². The van der Waals surface area contributed by atoms with Gasteiger partial charge in [-0.2, -0.15) is 0 Å². The molecule has 0 unspecified atom stereocenters. The van der Waals surface area contributed by atoms with Gasteiger partial charge in [0.25, 0.3) is 5.91 Å². The first-order chi connectivity index (χ1) is 9.86. The highest BCUT2D eigenvalue weighted by molar-refractivity contribution is 7.92. The summed E-state index contributed by atoms with van der Waals surface area (Å²) in [5, 5.41) is 0. The van der Waals surface area contributed by atoms with Crippen molar-refractivity contribution in [3.63, 3.8) is 0 Å². The topological polar surface area (TPSA) is 83.7 Å². The Morgan fingerprint density at radius 3 is 2.64 bits per heavy atom. The lowest BCUT2D eigenvalue weighted by molar-refractivity contribution is 0.0791. The van der Waals surface area contributed by atoms with Crippen molar-refractivity contribution in [2.24, 2.45) is 5.73 Å². The number of fused-ring (bicyclic) bond motifs is 1. The van der Waals surface area contributed by atoms with Gasteiger partial charge in [-0.3, -0.25) is 9.10 Å². The van der Waals surface area contributed by atoms with Crippen LogP contribution in [0.25, 0.3) is 0 Å². The lowest BCUT2D eigenvalue weighted by Gasteiger charge is -2.18. The zero-order valence-electron chi connectivity index (χ0n) is 12.4. The third-order valence-electron chi connectivity index (χ3n) is 4.09. The minimum atomic E-state index is -3.25. The predicted octanol–water partition coefficient (Wildman–Crippen LogP) is 0.604. The molecule has 1 aromatic rings. The number of rotatable bonds is 2. The van der Waals surface area contributed by atoms with Crippen molar-refractivity contribution in [2.75, 3.05) is 30.2 Å². The molecule has 2 heterocycles. The molecule has 1 aromatic carbocycles. The molecule has 6 nitrogen and oxygen atoms in total. The van der Waals surface area contributed by atoms with Crippen molar-refractivity contribution in [1.82, 2.24) is 4.90 Å². The van der Waals surface area contributed by atoms with Crippen LogP contribution in [0.1, 0.15) is 22.3 Å². The van der Waals surface area contributed by atoms with Gasteiger partial charge in [0.05, 0.1) is 11.9 Å². The molecule has 0 saturated carbocycles. The summed E-state index contributed by atoms with van der Waals surface area (Å²) in [7, 11) is -3.25. The summed E-state index contributed by atoms with van der Waals surface area (Å²) in [5.41, 5.74) is 8.04. The van der Waals surface area contributed by atoms with Crippen molar-refractivity contribution < 1.29 is 13.2 Å². The Kier molecular flexibility index (Phi) is 4.70. The van der Waals surface area contributed by atoms with Crippen LogP contribution in [0.3, 0.4) is 0 Å². The predicted molar refractivity (Wildman–Crippen MR) is 88.1 cm³/mol. The van der Waals surface area contributed by atoms with Gasteiger partial charge in [0.1, 0.15) is 0 Å². The third-order valence-corrected chi connectivity index (χ3v) is 5.27. The molecule has 1 fully saturated rings. The van der Waals surface area contributed by atoms with Crippen molar-refractivity contribution >= 4 is 34.0 Å². The van der Waals surface area contributed by atoms with Crippen LogP contribution in [-0.2, 0) is 16.4 Å². The summed E-state index contributed by atoms with van der Waals surface area (Å²) >= 11 is 0. The second-order valence-corrected chi connectivity index (χ2v) is 7.64. The fourth-order valence-corrected chi connectivity index (χ4v) is 3.96. The third kappa shape index (κ3) is 3.06. The summed E-state index contributed by atoms with van der Waals surface area (Å²) in [6.07, 6.45) is 2.67. The summed E-state index contributed by atoms with van der Waals surface area (Å²) in [5.74, 6) is -0.0245. The van der Waals surface area contributed by atoms with E-state index in [0.717, 1.165) is 12.0 Å². The van der Waals surface area contributed by atoms with Gasteiger partial charge in [0.2, 0.25) is 10.0 Å². The molecule has 3 rings (SSSR count). The van der Waals surface area contributed by atoms with E-state index >= 15 is 0 Å². The SMILES string of the molecule is CS(=O)(=O)N1CCc2cc(C(=O)N3CC[C@@H](N)C3)ccc21.Cl. The van der Waals surface area contributed by atoms with E-state index in [-0.39, 0.29) is 24.4 Å². The molecular weight excluding hydrogens is 326 g/mol. The normalized spacial score (nSPS) is 20.7. The van der Waals surface area contributed by atoms with Gasteiger partial charge in [-0.1, -0.05) is 0 Å². The van der Waals surface area contributed by atoms with Crippen molar-refractivity contribution in [2.45, 2.75) is 18.9 Å². The number of hydrogen-bond donors (Lipinski definition) is 1. The van der Waals surface area contributed by atoms with E-state index in [9.17, 15) is 13.2 Å². The van der Waals surface area contributed by atoms with Crippen LogP contribution in [-0.4, -0.2) is 51.2 Å². The first-order valence-electron chi connectivity index (χ1n) is 7.02. The molecule has 0 spiro atoms. The zero-order valence-corrected chi connectivity index (χ0v) is 14.0. The van der Waals surface area contributed by atoms with E-state index in [1.165, 1.54) is 10.6 Å². The first kappa shape index (κ1) is 17.1. The zero-order chi connectivity index (χ0) is 15.2. The Bertz CT molecular complexity index is 693. The number of nitrogens with two attached hydrogens (primary N) is 1. The van der Waals surface area contributed by atoms with Gasteiger partial charge >= 0.3 is 0 Å². The maximum atomic E-state index is 12.4. The molecule has 0 radical (unpaired) electrons. The molecule has 2 aliphatic rings. The molecule has 1 saturated heterocycles. The number of amides is 1. The van der Waals surface area contributed by atoms with Gasteiger partial charge in [-0.25, -0.2) is 8.42 Å². The van der Waals surface area contributed by atoms with Gasteiger partial charge in [-0.15, -0.1) is 12.4 Å². The van der Waals surface area contributed by atoms with Crippen LogP contribution >= 0.6 is 12.4 Å². The number of likely N-dealkylation sites (tertiary alicyclic amines) is 1. The number of carbonyl (C=O) groups is 1. The van der Waals surface area contributed by atoms with E-state index in [2.05, 4.69) is 0 Å². The maximum Gasteiger partial charge on any atom is 0.253 e. The number of halogens is 1. The fourth-order valence-electron chi connectivity index (χ4n) is 3.00. The van der Waals surface area contributed by atoms with Gasteiger partial charge < -0.3 is 10.6 Å². The highest BCUT2D eigenvalue weighted by atomic mass is 35.5. The van der Waals surface area contributed by atoms with Crippen molar-refractivity contribution in [3.8, 4) is 0 Å². The Morgan fingerprint density at radius 2 is 2.05 bits per heavy atom. The van der Waals surface area contributed by atoms with Crippen LogP contribution in [0.4, 0.5) is 5.69 Å². The van der Waals surface area contributed by atoms with Gasteiger partial charge in [-0.05, 0) is 36.6 Å². The molecule has 8 heteroatoms. The van der Waals surface area contributed by atoms with E-state index < -0.39 is 10.0 Å². The van der Waals surface area contributed by atoms with Gasteiger partial charge in [0, 0.05) is 31.2 Å². The van der Waals surface area contributed by atoms with E-state index in [0.29, 0.717) is 37.3 Å². The largest absolute Gasteiger partial charge is 0.337 e. The number of anilines is 1. The Labute approximate surface area is 136 Å². The maximum absolute atomic E-state index is 12.4. The van der Waals surface area contributed by atoms with Crippen LogP contribution < -0.4 is 10.0 Å². The summed E-state index contributed by atoms with van der Waals surface area (Å²) in [6.45, 7) is 1.72. The summed E-state index contributed by atoms with van der Waals surface area (Å²) in [6, 6.07) is 5.30. The van der Waals surface area contributed by atoms with Crippen LogP contribution in [0.2, 0.25) is 0 Å². The number of sulfonamides is 1. The summed E-state index contributed by atoms with van der Waals surface area (Å²) in [4.78, 5) is 14.2. The van der Waals surface area contributed by atoms with Crippen molar-refractivity contribution in [3.05, 3.63) is 29.3 Å². The molecule has 2 aliphatic heterocycles. The molecule has 22 heavy (non-hydrogen) atoms. The Hall–Kier alpha value is -1.31. The highest BCUT2D eigenvalue weighted by Crippen LogP contribution is 2.31. The minimum Gasteiger partial charge on any atom is -0.337 e. The smallest absolute Gasteiger partial charge is 0.253 e. The minimum absolute atomic E-state index is 0. The van der Waals surface area contributed by atoms with Crippen molar-refractivity contribution in [1.29, 1.82) is 0 Å². The molecule has 0 aliphatic carbocycles. The van der Waals surface area contributed by atoms with Crippen LogP contribution in [0, 0.1) is 0 Å². The van der Waals surface area contributed by atoms with E-state index in [1.54, 1.807) is 17.0 Å². The molecule has 122 valence electrons. The quantitative estimate of drug-likeness (QED) is 0.851. The number of hydrogen-bond acceptors (Lipinski definition) is 4. The van der Waals surface area contributed by atoms with Crippen LogP contribution in [0.5, 0.6) is 0 Å². The Morgan fingerprint density at radius 1 is 1.32 bits per heavy atom. The summed E-state index contributed by atoms with van der Waals surface area (Å²) < 4.78 is 24.8. The second kappa shape index (κ2) is 6.06. The van der Waals surface area contributed by atoms with E-state index in [1.807, 2.05) is 6.07 Å². The van der Waals surface area contributed by atoms with Gasteiger partial charge in [0.15, 0.2) is 0 Å². The Balaban J connectivity index is 0.00000176. The monoisotopic (exact) mass is 345 g/mol. The molecule has 1 atom stereocenters. The number of nitrogens with zero attached hydrogens (tertiary/aromatic N) is 2. The molecule has 2 N–H and O–H groups in total. The average Bonchev–Trinajstić information content (AvgIpc) is 3.02. The molecule has 0 aromatic heterocycles.